The summed E-state index contributed by atoms with van der Waals surface area (Å²) >= 11 is 1.62. The Balaban J connectivity index is 1.39. The van der Waals surface area contributed by atoms with Crippen LogP contribution in [0.3, 0.4) is 0 Å². The van der Waals surface area contributed by atoms with Crippen molar-refractivity contribution in [1.82, 2.24) is 14.9 Å². The second-order valence-corrected chi connectivity index (χ2v) is 10.6. The number of aromatic nitrogens is 2. The van der Waals surface area contributed by atoms with Crippen molar-refractivity contribution in [2.24, 2.45) is 5.92 Å². The lowest BCUT2D eigenvalue weighted by Gasteiger charge is -2.34. The van der Waals surface area contributed by atoms with Crippen LogP contribution in [0.5, 0.6) is 0 Å². The third-order valence-electron chi connectivity index (χ3n) is 7.15. The maximum absolute atomic E-state index is 13.1. The lowest BCUT2D eigenvalue weighted by molar-refractivity contribution is -0.149. The molecule has 2 aromatic rings. The fourth-order valence-electron chi connectivity index (χ4n) is 4.99. The standard InChI is InChI=1S/C28H38N4O3S/c1-4-24-18-25(32-14-7-6-9-20(32)3)30-28(29-24)36-19-21-10-8-11-23(17-21)26(33)31-15-12-22(13-16-31)27(34)35-5-2/h8,10-11,17-18,20,22H,4-7,9,12-16,19H2,1-3H3/t20-/m0/s1. The molecule has 8 heteroatoms. The van der Waals surface area contributed by atoms with E-state index in [-0.39, 0.29) is 17.8 Å². The molecule has 4 rings (SSSR count). The molecular weight excluding hydrogens is 472 g/mol. The molecule has 2 fully saturated rings. The summed E-state index contributed by atoms with van der Waals surface area (Å²) in [5.41, 5.74) is 2.83. The van der Waals surface area contributed by atoms with Crippen molar-refractivity contribution >= 4 is 29.5 Å². The number of hydrogen-bond acceptors (Lipinski definition) is 7. The van der Waals surface area contributed by atoms with Crippen LogP contribution in [0.2, 0.25) is 0 Å². The van der Waals surface area contributed by atoms with Gasteiger partial charge in [-0.25, -0.2) is 9.97 Å². The first-order valence-electron chi connectivity index (χ1n) is 13.3. The lowest BCUT2D eigenvalue weighted by atomic mass is 9.96. The van der Waals surface area contributed by atoms with E-state index in [1.165, 1.54) is 19.3 Å². The van der Waals surface area contributed by atoms with Gasteiger partial charge < -0.3 is 14.5 Å². The molecule has 0 radical (unpaired) electrons. The van der Waals surface area contributed by atoms with E-state index in [2.05, 4.69) is 24.8 Å². The summed E-state index contributed by atoms with van der Waals surface area (Å²) in [6.07, 6.45) is 5.88. The molecule has 2 saturated heterocycles. The number of thioether (sulfide) groups is 1. The van der Waals surface area contributed by atoms with Gasteiger partial charge in [0.05, 0.1) is 12.5 Å². The molecule has 1 aromatic heterocycles. The van der Waals surface area contributed by atoms with Crippen LogP contribution in [0.25, 0.3) is 0 Å². The molecule has 1 amide bonds. The number of ether oxygens (including phenoxy) is 1. The molecule has 0 saturated carbocycles. The van der Waals surface area contributed by atoms with Gasteiger partial charge >= 0.3 is 5.97 Å². The number of aryl methyl sites for hydroxylation is 1. The summed E-state index contributed by atoms with van der Waals surface area (Å²) in [6.45, 7) is 8.84. The van der Waals surface area contributed by atoms with Gasteiger partial charge in [-0.2, -0.15) is 0 Å². The van der Waals surface area contributed by atoms with E-state index < -0.39 is 0 Å². The Morgan fingerprint density at radius 2 is 1.86 bits per heavy atom. The van der Waals surface area contributed by atoms with Crippen molar-refractivity contribution in [3.63, 3.8) is 0 Å². The van der Waals surface area contributed by atoms with Gasteiger partial charge in [0.2, 0.25) is 0 Å². The first-order chi connectivity index (χ1) is 17.5. The predicted octanol–water partition coefficient (Wildman–Crippen LogP) is 5.13. The second kappa shape index (κ2) is 12.6. The van der Waals surface area contributed by atoms with Crippen LogP contribution in [0, 0.1) is 5.92 Å². The van der Waals surface area contributed by atoms with E-state index in [4.69, 9.17) is 14.7 Å². The summed E-state index contributed by atoms with van der Waals surface area (Å²) in [7, 11) is 0. The van der Waals surface area contributed by atoms with Crippen molar-refractivity contribution in [2.75, 3.05) is 31.1 Å². The molecule has 0 spiro atoms. The number of carbonyl (C=O) groups excluding carboxylic acids is 2. The minimum atomic E-state index is -0.143. The van der Waals surface area contributed by atoms with Gasteiger partial charge in [-0.15, -0.1) is 0 Å². The van der Waals surface area contributed by atoms with Crippen LogP contribution >= 0.6 is 11.8 Å². The topological polar surface area (TPSA) is 75.6 Å². The molecule has 1 aromatic carbocycles. The van der Waals surface area contributed by atoms with Crippen LogP contribution < -0.4 is 4.90 Å². The number of anilines is 1. The number of carbonyl (C=O) groups is 2. The number of likely N-dealkylation sites (tertiary alicyclic amines) is 1. The highest BCUT2D eigenvalue weighted by molar-refractivity contribution is 7.98. The number of piperidine rings is 2. The van der Waals surface area contributed by atoms with E-state index in [0.29, 0.717) is 49.9 Å². The van der Waals surface area contributed by atoms with Crippen molar-refractivity contribution in [1.29, 1.82) is 0 Å². The average Bonchev–Trinajstić information content (AvgIpc) is 2.92. The van der Waals surface area contributed by atoms with E-state index in [0.717, 1.165) is 35.2 Å². The zero-order valence-corrected chi connectivity index (χ0v) is 22.6. The van der Waals surface area contributed by atoms with Crippen molar-refractivity contribution < 1.29 is 14.3 Å². The molecule has 2 aliphatic rings. The van der Waals surface area contributed by atoms with Gasteiger partial charge in [0.15, 0.2) is 5.16 Å². The Hall–Kier alpha value is -2.61. The number of amides is 1. The van der Waals surface area contributed by atoms with Gasteiger partial charge in [-0.05, 0) is 70.1 Å². The third kappa shape index (κ3) is 6.58. The van der Waals surface area contributed by atoms with Gasteiger partial charge in [0.1, 0.15) is 5.82 Å². The highest BCUT2D eigenvalue weighted by Gasteiger charge is 2.28. The molecule has 0 aliphatic carbocycles. The van der Waals surface area contributed by atoms with Crippen molar-refractivity contribution in [3.05, 3.63) is 47.2 Å². The molecule has 0 N–H and O–H groups in total. The number of rotatable bonds is 8. The summed E-state index contributed by atoms with van der Waals surface area (Å²) in [5, 5.41) is 0.792. The van der Waals surface area contributed by atoms with E-state index in [1.807, 2.05) is 36.1 Å². The number of nitrogens with zero attached hydrogens (tertiary/aromatic N) is 4. The molecule has 7 nitrogen and oxygen atoms in total. The summed E-state index contributed by atoms with van der Waals surface area (Å²) in [4.78, 5) is 39.1. The van der Waals surface area contributed by atoms with Gasteiger partial charge in [0, 0.05) is 48.8 Å². The molecule has 0 bridgehead atoms. The minimum absolute atomic E-state index is 0.0229. The Morgan fingerprint density at radius 3 is 2.58 bits per heavy atom. The fraction of sp³-hybridized carbons (Fsp3) is 0.571. The maximum Gasteiger partial charge on any atom is 0.309 e. The maximum atomic E-state index is 13.1. The normalized spacial score (nSPS) is 18.8. The Labute approximate surface area is 219 Å². The van der Waals surface area contributed by atoms with Crippen LogP contribution in [0.4, 0.5) is 5.82 Å². The summed E-state index contributed by atoms with van der Waals surface area (Å²) < 4.78 is 5.14. The van der Waals surface area contributed by atoms with Crippen LogP contribution in [-0.4, -0.2) is 59.0 Å². The fourth-order valence-corrected chi connectivity index (χ4v) is 5.81. The smallest absolute Gasteiger partial charge is 0.309 e. The van der Waals surface area contributed by atoms with Gasteiger partial charge in [-0.1, -0.05) is 30.8 Å². The van der Waals surface area contributed by atoms with E-state index >= 15 is 0 Å². The predicted molar refractivity (Wildman–Crippen MR) is 143 cm³/mol. The molecule has 1 atom stereocenters. The lowest BCUT2D eigenvalue weighted by Crippen LogP contribution is -2.40. The first kappa shape index (κ1) is 26.5. The van der Waals surface area contributed by atoms with Crippen molar-refractivity contribution in [3.8, 4) is 0 Å². The zero-order valence-electron chi connectivity index (χ0n) is 21.7. The Kier molecular flexibility index (Phi) is 9.24. The Morgan fingerprint density at radius 1 is 1.06 bits per heavy atom. The van der Waals surface area contributed by atoms with Crippen LogP contribution in [0.15, 0.2) is 35.5 Å². The minimum Gasteiger partial charge on any atom is -0.466 e. The van der Waals surface area contributed by atoms with Crippen LogP contribution in [-0.2, 0) is 21.7 Å². The van der Waals surface area contributed by atoms with Gasteiger partial charge in [-0.3, -0.25) is 9.59 Å². The largest absolute Gasteiger partial charge is 0.466 e. The molecule has 0 unspecified atom stereocenters. The van der Waals surface area contributed by atoms with Gasteiger partial charge in [0.25, 0.3) is 5.91 Å². The molecule has 3 heterocycles. The van der Waals surface area contributed by atoms with Crippen molar-refractivity contribution in [2.45, 2.75) is 76.2 Å². The van der Waals surface area contributed by atoms with Crippen LogP contribution in [0.1, 0.15) is 74.5 Å². The average molecular weight is 511 g/mol. The highest BCUT2D eigenvalue weighted by atomic mass is 32.2. The van der Waals surface area contributed by atoms with E-state index in [1.54, 1.807) is 11.8 Å². The quantitative estimate of drug-likeness (QED) is 0.277. The number of hydrogen-bond donors (Lipinski definition) is 0. The Bertz CT molecular complexity index is 1050. The SMILES string of the molecule is CCOC(=O)C1CCN(C(=O)c2cccc(CSc3nc(CC)cc(N4CCCC[C@@H]4C)n3)c2)CC1. The monoisotopic (exact) mass is 510 g/mol. The zero-order chi connectivity index (χ0) is 25.5. The number of benzene rings is 1. The second-order valence-electron chi connectivity index (χ2n) is 9.70. The van der Waals surface area contributed by atoms with E-state index in [9.17, 15) is 9.59 Å². The summed E-state index contributed by atoms with van der Waals surface area (Å²) in [5.74, 6) is 1.51. The third-order valence-corrected chi connectivity index (χ3v) is 8.07. The highest BCUT2D eigenvalue weighted by Crippen LogP contribution is 2.28. The molecule has 36 heavy (non-hydrogen) atoms. The summed E-state index contributed by atoms with van der Waals surface area (Å²) in [6, 6.07) is 10.5. The molecule has 2 aliphatic heterocycles. The molecule has 194 valence electrons. The number of esters is 1. The molecular formula is C28H38N4O3S. The first-order valence-corrected chi connectivity index (χ1v) is 14.3.